The summed E-state index contributed by atoms with van der Waals surface area (Å²) >= 11 is 5.82. The van der Waals surface area contributed by atoms with E-state index in [1.165, 1.54) is 0 Å². The Kier molecular flexibility index (Phi) is 4.61. The Morgan fingerprint density at radius 3 is 2.50 bits per heavy atom. The van der Waals surface area contributed by atoms with Crippen molar-refractivity contribution in [3.8, 4) is 0 Å². The van der Waals surface area contributed by atoms with Gasteiger partial charge in [0.25, 0.3) is 0 Å². The maximum atomic E-state index is 12.7. The van der Waals surface area contributed by atoms with Crippen LogP contribution in [0.25, 0.3) is 0 Å². The zero-order valence-corrected chi connectivity index (χ0v) is 12.0. The van der Waals surface area contributed by atoms with Gasteiger partial charge in [0, 0.05) is 5.69 Å². The molecule has 3 nitrogen and oxygen atoms in total. The molecule has 2 aromatic carbocycles. The summed E-state index contributed by atoms with van der Waals surface area (Å²) in [5.74, 6) is -0.501. The molecule has 2 aromatic rings. The van der Waals surface area contributed by atoms with Crippen LogP contribution in [-0.4, -0.2) is 5.91 Å². The number of nitrogens with one attached hydrogen (secondary N) is 1. The molecule has 0 aliphatic rings. The summed E-state index contributed by atoms with van der Waals surface area (Å²) in [7, 11) is 0. The molecular weight excluding hydrogens is 317 g/mol. The predicted octanol–water partition coefficient (Wildman–Crippen LogP) is 4.12. The summed E-state index contributed by atoms with van der Waals surface area (Å²) in [6.45, 7) is 0. The minimum absolute atomic E-state index is 0.0300. The number of nitrogens with two attached hydrogens (primary N) is 1. The number of amides is 1. The number of benzene rings is 2. The van der Waals surface area contributed by atoms with Gasteiger partial charge in [-0.25, -0.2) is 0 Å². The van der Waals surface area contributed by atoms with Gasteiger partial charge in [-0.1, -0.05) is 29.8 Å². The van der Waals surface area contributed by atoms with E-state index in [0.29, 0.717) is 11.3 Å². The second-order valence-corrected chi connectivity index (χ2v) is 5.02. The van der Waals surface area contributed by atoms with Crippen molar-refractivity contribution in [2.24, 2.45) is 0 Å². The lowest BCUT2D eigenvalue weighted by Crippen LogP contribution is -2.16. The Morgan fingerprint density at radius 1 is 1.18 bits per heavy atom. The first-order valence-corrected chi connectivity index (χ1v) is 6.65. The van der Waals surface area contributed by atoms with Gasteiger partial charge < -0.3 is 11.1 Å². The molecule has 0 fully saturated rings. The van der Waals surface area contributed by atoms with Gasteiger partial charge in [0.2, 0.25) is 5.91 Å². The highest BCUT2D eigenvalue weighted by Crippen LogP contribution is 2.33. The molecule has 0 saturated carbocycles. The lowest BCUT2D eigenvalue weighted by atomic mass is 10.1. The molecule has 0 radical (unpaired) electrons. The Balaban J connectivity index is 2.17. The normalized spacial score (nSPS) is 11.3. The van der Waals surface area contributed by atoms with Gasteiger partial charge in [-0.05, 0) is 29.8 Å². The second-order valence-electron chi connectivity index (χ2n) is 4.62. The smallest absolute Gasteiger partial charge is 0.398 e. The number of halogens is 4. The van der Waals surface area contributed by atoms with Crippen LogP contribution in [0.4, 0.5) is 24.5 Å². The number of nitrogen functional groups attached to an aromatic ring is 1. The van der Waals surface area contributed by atoms with Crippen LogP contribution in [0.5, 0.6) is 0 Å². The molecule has 0 spiro atoms. The SMILES string of the molecule is Nc1ccccc1CC(=O)Nc1cc(C(F)(F)F)ccc1Cl. The number of rotatable bonds is 3. The quantitative estimate of drug-likeness (QED) is 0.833. The van der Waals surface area contributed by atoms with Crippen molar-refractivity contribution in [3.63, 3.8) is 0 Å². The van der Waals surface area contributed by atoms with Crippen LogP contribution in [0.15, 0.2) is 42.5 Å². The first kappa shape index (κ1) is 16.2. The van der Waals surface area contributed by atoms with Crippen LogP contribution in [0.2, 0.25) is 5.02 Å². The largest absolute Gasteiger partial charge is 0.416 e. The Hall–Kier alpha value is -2.21. The van der Waals surface area contributed by atoms with Gasteiger partial charge in [0.05, 0.1) is 22.7 Å². The molecule has 0 aliphatic carbocycles. The van der Waals surface area contributed by atoms with Gasteiger partial charge in [-0.3, -0.25) is 4.79 Å². The van der Waals surface area contributed by atoms with Crippen molar-refractivity contribution in [2.75, 3.05) is 11.1 Å². The van der Waals surface area contributed by atoms with Crippen molar-refractivity contribution in [3.05, 3.63) is 58.6 Å². The van der Waals surface area contributed by atoms with Crippen molar-refractivity contribution in [2.45, 2.75) is 12.6 Å². The van der Waals surface area contributed by atoms with Crippen LogP contribution in [0, 0.1) is 0 Å². The number of carbonyl (C=O) groups is 1. The fourth-order valence-electron chi connectivity index (χ4n) is 1.86. The first-order valence-electron chi connectivity index (χ1n) is 6.27. The van der Waals surface area contributed by atoms with Crippen molar-refractivity contribution in [1.82, 2.24) is 0 Å². The van der Waals surface area contributed by atoms with E-state index in [0.717, 1.165) is 18.2 Å². The van der Waals surface area contributed by atoms with Gasteiger partial charge in [0.15, 0.2) is 0 Å². The van der Waals surface area contributed by atoms with Crippen LogP contribution in [-0.2, 0) is 17.4 Å². The number of para-hydroxylation sites is 1. The molecule has 3 N–H and O–H groups in total. The van der Waals surface area contributed by atoms with Crippen molar-refractivity contribution in [1.29, 1.82) is 0 Å². The predicted molar refractivity (Wildman–Crippen MR) is 79.6 cm³/mol. The molecule has 0 atom stereocenters. The maximum Gasteiger partial charge on any atom is 0.416 e. The molecule has 0 unspecified atom stereocenters. The Bertz CT molecular complexity index is 701. The molecule has 116 valence electrons. The molecule has 2 rings (SSSR count). The summed E-state index contributed by atoms with van der Waals surface area (Å²) in [4.78, 5) is 11.9. The highest BCUT2D eigenvalue weighted by Gasteiger charge is 2.31. The van der Waals surface area contributed by atoms with E-state index in [4.69, 9.17) is 17.3 Å². The van der Waals surface area contributed by atoms with Crippen molar-refractivity contribution < 1.29 is 18.0 Å². The lowest BCUT2D eigenvalue weighted by Gasteiger charge is -2.12. The van der Waals surface area contributed by atoms with Gasteiger partial charge in [-0.2, -0.15) is 13.2 Å². The molecule has 0 bridgehead atoms. The average Bonchev–Trinajstić information content (AvgIpc) is 2.42. The zero-order valence-electron chi connectivity index (χ0n) is 11.2. The topological polar surface area (TPSA) is 55.1 Å². The van der Waals surface area contributed by atoms with E-state index in [2.05, 4.69) is 5.32 Å². The molecule has 0 aliphatic heterocycles. The molecule has 0 heterocycles. The number of carbonyl (C=O) groups excluding carboxylic acids is 1. The highest BCUT2D eigenvalue weighted by molar-refractivity contribution is 6.33. The van der Waals surface area contributed by atoms with Crippen LogP contribution < -0.4 is 11.1 Å². The molecular formula is C15H12ClF3N2O. The standard InChI is InChI=1S/C15H12ClF3N2O/c16-11-6-5-10(15(17,18)19)8-13(11)21-14(22)7-9-3-1-2-4-12(9)20/h1-6,8H,7,20H2,(H,21,22). The first-order chi connectivity index (χ1) is 10.3. The summed E-state index contributed by atoms with van der Waals surface area (Å²) in [5.41, 5.74) is 5.77. The van der Waals surface area contributed by atoms with Gasteiger partial charge in [-0.15, -0.1) is 0 Å². The minimum atomic E-state index is -4.51. The highest BCUT2D eigenvalue weighted by atomic mass is 35.5. The lowest BCUT2D eigenvalue weighted by molar-refractivity contribution is -0.137. The van der Waals surface area contributed by atoms with Crippen molar-refractivity contribution >= 4 is 28.9 Å². The zero-order chi connectivity index (χ0) is 16.3. The van der Waals surface area contributed by atoms with E-state index in [-0.39, 0.29) is 17.1 Å². The Morgan fingerprint density at radius 2 is 1.86 bits per heavy atom. The van der Waals surface area contributed by atoms with E-state index < -0.39 is 17.6 Å². The van der Waals surface area contributed by atoms with Crippen LogP contribution >= 0.6 is 11.6 Å². The van der Waals surface area contributed by atoms with E-state index >= 15 is 0 Å². The molecule has 0 saturated heterocycles. The van der Waals surface area contributed by atoms with E-state index in [1.54, 1.807) is 24.3 Å². The third-order valence-corrected chi connectivity index (χ3v) is 3.30. The summed E-state index contributed by atoms with van der Waals surface area (Å²) < 4.78 is 38.0. The maximum absolute atomic E-state index is 12.7. The number of alkyl halides is 3. The molecule has 22 heavy (non-hydrogen) atoms. The molecule has 1 amide bonds. The summed E-state index contributed by atoms with van der Waals surface area (Å²) in [6.07, 6.45) is -4.56. The van der Waals surface area contributed by atoms with Gasteiger partial charge >= 0.3 is 6.18 Å². The van der Waals surface area contributed by atoms with E-state index in [1.807, 2.05) is 0 Å². The fourth-order valence-corrected chi connectivity index (χ4v) is 2.02. The van der Waals surface area contributed by atoms with Gasteiger partial charge in [0.1, 0.15) is 0 Å². The van der Waals surface area contributed by atoms with E-state index in [9.17, 15) is 18.0 Å². The Labute approximate surface area is 129 Å². The number of hydrogen-bond acceptors (Lipinski definition) is 2. The fraction of sp³-hybridized carbons (Fsp3) is 0.133. The average molecular weight is 329 g/mol. The third kappa shape index (κ3) is 3.92. The third-order valence-electron chi connectivity index (χ3n) is 2.97. The summed E-state index contributed by atoms with van der Waals surface area (Å²) in [5, 5.41) is 2.40. The molecule has 7 heteroatoms. The minimum Gasteiger partial charge on any atom is -0.398 e. The number of hydrogen-bond donors (Lipinski definition) is 2. The second kappa shape index (κ2) is 6.27. The van der Waals surface area contributed by atoms with Crippen LogP contribution in [0.1, 0.15) is 11.1 Å². The monoisotopic (exact) mass is 328 g/mol. The molecule has 0 aromatic heterocycles. The number of anilines is 2. The summed E-state index contributed by atoms with van der Waals surface area (Å²) in [6, 6.07) is 9.50. The van der Waals surface area contributed by atoms with Crippen LogP contribution in [0.3, 0.4) is 0 Å².